The number of piperazine rings is 1. The van der Waals surface area contributed by atoms with Gasteiger partial charge in [0.05, 0.1) is 12.2 Å². The van der Waals surface area contributed by atoms with Gasteiger partial charge in [-0.2, -0.15) is 0 Å². The van der Waals surface area contributed by atoms with E-state index in [1.165, 1.54) is 0 Å². The van der Waals surface area contributed by atoms with E-state index in [-0.39, 0.29) is 0 Å². The summed E-state index contributed by atoms with van der Waals surface area (Å²) in [7, 11) is 0. The lowest BCUT2D eigenvalue weighted by atomic mass is 10.2. The predicted molar refractivity (Wildman–Crippen MR) is 58.9 cm³/mol. The Kier molecular flexibility index (Phi) is 3.97. The molecule has 0 amide bonds. The molecule has 2 unspecified atom stereocenters. The van der Waals surface area contributed by atoms with Gasteiger partial charge in [0.15, 0.2) is 0 Å². The summed E-state index contributed by atoms with van der Waals surface area (Å²) in [5, 5.41) is 8.75. The smallest absolute Gasteiger partial charge is 0.0965 e. The normalized spacial score (nSPS) is 33.2. The zero-order chi connectivity index (χ0) is 10.7. The van der Waals surface area contributed by atoms with Crippen LogP contribution < -0.4 is 0 Å². The number of epoxide rings is 1. The minimum Gasteiger partial charge on any atom is -0.396 e. The Morgan fingerprint density at radius 3 is 2.33 bits per heavy atom. The van der Waals surface area contributed by atoms with Crippen LogP contribution in [0, 0.1) is 0 Å². The molecule has 0 aliphatic carbocycles. The molecule has 0 aromatic heterocycles. The van der Waals surface area contributed by atoms with E-state index in [0.717, 1.165) is 45.7 Å². The van der Waals surface area contributed by atoms with Crippen LogP contribution >= 0.6 is 0 Å². The van der Waals surface area contributed by atoms with E-state index >= 15 is 0 Å². The molecule has 0 radical (unpaired) electrons. The quantitative estimate of drug-likeness (QED) is 0.642. The topological polar surface area (TPSA) is 39.2 Å². The van der Waals surface area contributed by atoms with Crippen LogP contribution in [0.3, 0.4) is 0 Å². The van der Waals surface area contributed by atoms with Crippen molar-refractivity contribution < 1.29 is 9.84 Å². The first-order chi connectivity index (χ1) is 7.29. The maximum Gasteiger partial charge on any atom is 0.0965 e. The van der Waals surface area contributed by atoms with Crippen molar-refractivity contribution in [1.29, 1.82) is 0 Å². The van der Waals surface area contributed by atoms with Crippen molar-refractivity contribution in [3.05, 3.63) is 0 Å². The average molecular weight is 214 g/mol. The van der Waals surface area contributed by atoms with E-state index in [1.807, 2.05) is 0 Å². The summed E-state index contributed by atoms with van der Waals surface area (Å²) in [6, 6.07) is 0. The molecule has 2 aliphatic heterocycles. The van der Waals surface area contributed by atoms with Crippen molar-refractivity contribution in [2.24, 2.45) is 0 Å². The second kappa shape index (κ2) is 5.25. The van der Waals surface area contributed by atoms with Crippen molar-refractivity contribution in [3.8, 4) is 0 Å². The fourth-order valence-corrected chi connectivity index (χ4v) is 2.17. The second-order valence-corrected chi connectivity index (χ2v) is 4.60. The van der Waals surface area contributed by atoms with Gasteiger partial charge in [-0.25, -0.2) is 0 Å². The summed E-state index contributed by atoms with van der Waals surface area (Å²) in [6.07, 6.45) is 1.88. The van der Waals surface area contributed by atoms with Gasteiger partial charge in [0.2, 0.25) is 0 Å². The number of aliphatic hydroxyl groups is 1. The van der Waals surface area contributed by atoms with Crippen LogP contribution in [-0.2, 0) is 4.74 Å². The van der Waals surface area contributed by atoms with Crippen LogP contribution in [0.1, 0.15) is 13.3 Å². The van der Waals surface area contributed by atoms with E-state index < -0.39 is 0 Å². The highest BCUT2D eigenvalue weighted by Gasteiger charge is 2.35. The molecule has 2 heterocycles. The molecule has 0 saturated carbocycles. The predicted octanol–water partition coefficient (Wildman–Crippen LogP) is -0.226. The van der Waals surface area contributed by atoms with Gasteiger partial charge in [-0.05, 0) is 13.3 Å². The first-order valence-corrected chi connectivity index (χ1v) is 6.00. The third kappa shape index (κ3) is 3.41. The molecule has 2 rings (SSSR count). The molecule has 4 nitrogen and oxygen atoms in total. The van der Waals surface area contributed by atoms with Gasteiger partial charge >= 0.3 is 0 Å². The fraction of sp³-hybridized carbons (Fsp3) is 1.00. The average Bonchev–Trinajstić information content (AvgIpc) is 2.93. The lowest BCUT2D eigenvalue weighted by molar-refractivity contribution is 0.118. The highest BCUT2D eigenvalue weighted by atomic mass is 16.6. The van der Waals surface area contributed by atoms with Crippen molar-refractivity contribution in [1.82, 2.24) is 9.80 Å². The van der Waals surface area contributed by atoms with E-state index in [9.17, 15) is 0 Å². The Hall–Kier alpha value is -0.160. The highest BCUT2D eigenvalue weighted by molar-refractivity contribution is 4.85. The largest absolute Gasteiger partial charge is 0.396 e. The SMILES string of the molecule is CC1OC1CN1CCN(CCCO)CC1. The fourth-order valence-electron chi connectivity index (χ4n) is 2.17. The number of nitrogens with zero attached hydrogens (tertiary/aromatic N) is 2. The zero-order valence-corrected chi connectivity index (χ0v) is 9.56. The molecule has 0 aromatic carbocycles. The van der Waals surface area contributed by atoms with Gasteiger partial charge < -0.3 is 14.7 Å². The van der Waals surface area contributed by atoms with Gasteiger partial charge in [-0.1, -0.05) is 0 Å². The summed E-state index contributed by atoms with van der Waals surface area (Å²) in [5.74, 6) is 0. The Labute approximate surface area is 91.8 Å². The van der Waals surface area contributed by atoms with Gasteiger partial charge in [-0.15, -0.1) is 0 Å². The number of aliphatic hydroxyl groups excluding tert-OH is 1. The lowest BCUT2D eigenvalue weighted by Gasteiger charge is -2.34. The summed E-state index contributed by atoms with van der Waals surface area (Å²) in [4.78, 5) is 4.92. The van der Waals surface area contributed by atoms with Gasteiger partial charge in [-0.3, -0.25) is 4.90 Å². The maximum absolute atomic E-state index is 8.75. The summed E-state index contributed by atoms with van der Waals surface area (Å²) in [5.41, 5.74) is 0. The molecule has 2 atom stereocenters. The first kappa shape index (κ1) is 11.3. The second-order valence-electron chi connectivity index (χ2n) is 4.60. The van der Waals surface area contributed by atoms with E-state index in [0.29, 0.717) is 18.8 Å². The van der Waals surface area contributed by atoms with E-state index in [4.69, 9.17) is 9.84 Å². The Bertz CT molecular complexity index is 193. The Morgan fingerprint density at radius 2 is 1.80 bits per heavy atom. The standard InChI is InChI=1S/C11H22N2O2/c1-10-11(15-10)9-13-6-4-12(5-7-13)3-2-8-14/h10-11,14H,2-9H2,1H3. The van der Waals surface area contributed by atoms with Gasteiger partial charge in [0, 0.05) is 45.9 Å². The summed E-state index contributed by atoms with van der Waals surface area (Å²) in [6.45, 7) is 9.18. The monoisotopic (exact) mass is 214 g/mol. The van der Waals surface area contributed by atoms with Crippen LogP contribution in [0.5, 0.6) is 0 Å². The maximum atomic E-state index is 8.75. The number of rotatable bonds is 5. The van der Waals surface area contributed by atoms with Crippen molar-refractivity contribution in [2.45, 2.75) is 25.6 Å². The molecule has 15 heavy (non-hydrogen) atoms. The van der Waals surface area contributed by atoms with Crippen LogP contribution in [-0.4, -0.2) is 73.0 Å². The van der Waals surface area contributed by atoms with Crippen LogP contribution in [0.2, 0.25) is 0 Å². The zero-order valence-electron chi connectivity index (χ0n) is 9.56. The number of hydrogen-bond acceptors (Lipinski definition) is 4. The van der Waals surface area contributed by atoms with Gasteiger partial charge in [0.25, 0.3) is 0 Å². The van der Waals surface area contributed by atoms with Gasteiger partial charge in [0.1, 0.15) is 0 Å². The minimum absolute atomic E-state index is 0.313. The van der Waals surface area contributed by atoms with Crippen molar-refractivity contribution in [2.75, 3.05) is 45.9 Å². The Morgan fingerprint density at radius 1 is 1.20 bits per heavy atom. The number of hydrogen-bond donors (Lipinski definition) is 1. The van der Waals surface area contributed by atoms with Crippen molar-refractivity contribution >= 4 is 0 Å². The summed E-state index contributed by atoms with van der Waals surface area (Å²) < 4.78 is 5.42. The molecular formula is C11H22N2O2. The molecule has 0 bridgehead atoms. The highest BCUT2D eigenvalue weighted by Crippen LogP contribution is 2.22. The molecular weight excluding hydrogens is 192 g/mol. The molecule has 1 N–H and O–H groups in total. The van der Waals surface area contributed by atoms with E-state index in [2.05, 4.69) is 16.7 Å². The molecule has 2 fully saturated rings. The van der Waals surface area contributed by atoms with Crippen LogP contribution in [0.4, 0.5) is 0 Å². The number of ether oxygens (including phenoxy) is 1. The third-order valence-corrected chi connectivity index (χ3v) is 3.37. The molecule has 2 aliphatic rings. The third-order valence-electron chi connectivity index (χ3n) is 3.37. The van der Waals surface area contributed by atoms with E-state index in [1.54, 1.807) is 0 Å². The molecule has 88 valence electrons. The first-order valence-electron chi connectivity index (χ1n) is 6.00. The van der Waals surface area contributed by atoms with Crippen LogP contribution in [0.15, 0.2) is 0 Å². The summed E-state index contributed by atoms with van der Waals surface area (Å²) >= 11 is 0. The molecule has 2 saturated heterocycles. The van der Waals surface area contributed by atoms with Crippen LogP contribution in [0.25, 0.3) is 0 Å². The lowest BCUT2D eigenvalue weighted by Crippen LogP contribution is -2.47. The molecule has 0 aromatic rings. The van der Waals surface area contributed by atoms with Crippen molar-refractivity contribution in [3.63, 3.8) is 0 Å². The Balaban J connectivity index is 1.59. The minimum atomic E-state index is 0.313. The molecule has 4 heteroatoms. The molecule has 0 spiro atoms.